The van der Waals surface area contributed by atoms with Crippen molar-refractivity contribution >= 4 is 39.3 Å². The Kier molecular flexibility index (Phi) is 6.87. The van der Waals surface area contributed by atoms with Crippen LogP contribution in [0, 0.1) is 5.92 Å². The van der Waals surface area contributed by atoms with E-state index in [9.17, 15) is 4.79 Å². The van der Waals surface area contributed by atoms with E-state index in [4.69, 9.17) is 0 Å². The lowest BCUT2D eigenvalue weighted by Crippen LogP contribution is -2.19. The van der Waals surface area contributed by atoms with E-state index in [-0.39, 0.29) is 5.91 Å². The van der Waals surface area contributed by atoms with Crippen molar-refractivity contribution in [2.24, 2.45) is 5.92 Å². The molecule has 1 aromatic carbocycles. The van der Waals surface area contributed by atoms with Crippen LogP contribution >= 0.6 is 15.9 Å². The minimum absolute atomic E-state index is 0.0181. The van der Waals surface area contributed by atoms with Crippen LogP contribution in [0.1, 0.15) is 18.4 Å². The Labute approximate surface area is 179 Å². The van der Waals surface area contributed by atoms with Gasteiger partial charge in [-0.05, 0) is 64.0 Å². The molecule has 8 heteroatoms. The summed E-state index contributed by atoms with van der Waals surface area (Å²) in [5, 5.41) is 12.2. The number of amides is 1. The van der Waals surface area contributed by atoms with Gasteiger partial charge in [-0.2, -0.15) is 4.98 Å². The molecule has 1 aliphatic rings. The van der Waals surface area contributed by atoms with E-state index in [2.05, 4.69) is 53.7 Å². The zero-order chi connectivity index (χ0) is 20.8. The summed E-state index contributed by atoms with van der Waals surface area (Å²) >= 11 is 3.49. The van der Waals surface area contributed by atoms with Crippen LogP contribution in [-0.2, 0) is 11.2 Å². The molecule has 0 radical (unpaired) electrons. The molecule has 4 N–H and O–H groups in total. The number of allylic oxidation sites excluding steroid dienone is 2. The molecular formula is C21H25BrN6O. The molecule has 3 rings (SSSR count). The first-order valence-electron chi connectivity index (χ1n) is 9.43. The van der Waals surface area contributed by atoms with Crippen LogP contribution in [0.15, 0.2) is 59.0 Å². The van der Waals surface area contributed by atoms with Gasteiger partial charge in [-0.3, -0.25) is 4.79 Å². The minimum atomic E-state index is -0.0181. The van der Waals surface area contributed by atoms with Crippen LogP contribution in [0.4, 0.5) is 17.5 Å². The number of rotatable bonds is 9. The molecule has 0 atom stereocenters. The summed E-state index contributed by atoms with van der Waals surface area (Å²) < 4.78 is 0.752. The van der Waals surface area contributed by atoms with Gasteiger partial charge in [-0.25, -0.2) is 4.98 Å². The van der Waals surface area contributed by atoms with Crippen molar-refractivity contribution in [1.82, 2.24) is 20.6 Å². The fourth-order valence-electron chi connectivity index (χ4n) is 2.68. The molecule has 0 saturated heterocycles. The molecule has 29 heavy (non-hydrogen) atoms. The van der Waals surface area contributed by atoms with Gasteiger partial charge < -0.3 is 21.3 Å². The fraction of sp³-hybridized carbons (Fsp3) is 0.286. The minimum Gasteiger partial charge on any atom is -0.375 e. The summed E-state index contributed by atoms with van der Waals surface area (Å²) in [7, 11) is 3.48. The molecule has 152 valence electrons. The van der Waals surface area contributed by atoms with Crippen molar-refractivity contribution in [1.29, 1.82) is 0 Å². The first-order valence-corrected chi connectivity index (χ1v) is 10.2. The molecule has 0 spiro atoms. The molecule has 1 fully saturated rings. The fourth-order valence-corrected chi connectivity index (χ4v) is 2.97. The largest absolute Gasteiger partial charge is 0.375 e. The van der Waals surface area contributed by atoms with Crippen molar-refractivity contribution in [3.05, 3.63) is 64.5 Å². The molecular weight excluding hydrogens is 432 g/mol. The number of nitrogens with one attached hydrogen (secondary N) is 4. The molecule has 7 nitrogen and oxygen atoms in total. The Morgan fingerprint density at radius 1 is 1.24 bits per heavy atom. The van der Waals surface area contributed by atoms with E-state index in [1.165, 1.54) is 12.8 Å². The molecule has 0 unspecified atom stereocenters. The number of hydrogen-bond donors (Lipinski definition) is 4. The molecule has 1 amide bonds. The summed E-state index contributed by atoms with van der Waals surface area (Å²) in [5.41, 5.74) is 2.89. The van der Waals surface area contributed by atoms with Gasteiger partial charge in [-0.1, -0.05) is 18.7 Å². The number of hydrogen-bond acceptors (Lipinski definition) is 6. The highest BCUT2D eigenvalue weighted by Crippen LogP contribution is 2.36. The zero-order valence-corrected chi connectivity index (χ0v) is 18.1. The van der Waals surface area contributed by atoms with E-state index in [1.54, 1.807) is 13.2 Å². The highest BCUT2D eigenvalue weighted by Gasteiger charge is 2.23. The van der Waals surface area contributed by atoms with Gasteiger partial charge in [0.05, 0.1) is 10.9 Å². The number of anilines is 3. The highest BCUT2D eigenvalue weighted by molar-refractivity contribution is 9.10. The van der Waals surface area contributed by atoms with Crippen LogP contribution in [0.2, 0.25) is 0 Å². The second-order valence-electron chi connectivity index (χ2n) is 6.84. The molecule has 2 aromatic rings. The smallest absolute Gasteiger partial charge is 0.229 e. The van der Waals surface area contributed by atoms with E-state index >= 15 is 0 Å². The Hall–Kier alpha value is -2.87. The summed E-state index contributed by atoms with van der Waals surface area (Å²) in [5.74, 6) is 2.51. The topological polar surface area (TPSA) is 91.0 Å². The Morgan fingerprint density at radius 3 is 2.59 bits per heavy atom. The Morgan fingerprint density at radius 2 is 1.97 bits per heavy atom. The average molecular weight is 457 g/mol. The SMILES string of the molecule is C=C(/C=C(\NC)Nc1nc(Nc2ccc(CC(=O)NC)cc2)ncc1Br)C1CC1. The van der Waals surface area contributed by atoms with Crippen molar-refractivity contribution in [2.45, 2.75) is 19.3 Å². The van der Waals surface area contributed by atoms with E-state index in [1.807, 2.05) is 37.4 Å². The van der Waals surface area contributed by atoms with Gasteiger partial charge in [0.25, 0.3) is 0 Å². The summed E-state index contributed by atoms with van der Waals surface area (Å²) in [6.07, 6.45) is 6.48. The monoisotopic (exact) mass is 456 g/mol. The zero-order valence-electron chi connectivity index (χ0n) is 16.6. The number of benzene rings is 1. The molecule has 1 aliphatic carbocycles. The normalized spacial score (nSPS) is 13.6. The molecule has 0 bridgehead atoms. The van der Waals surface area contributed by atoms with Crippen molar-refractivity contribution in [2.75, 3.05) is 24.7 Å². The summed E-state index contributed by atoms with van der Waals surface area (Å²) in [4.78, 5) is 20.3. The van der Waals surface area contributed by atoms with Gasteiger partial charge in [0.2, 0.25) is 11.9 Å². The van der Waals surface area contributed by atoms with E-state index in [0.29, 0.717) is 24.1 Å². The molecule has 0 aliphatic heterocycles. The molecule has 1 aromatic heterocycles. The highest BCUT2D eigenvalue weighted by atomic mass is 79.9. The van der Waals surface area contributed by atoms with Crippen molar-refractivity contribution in [3.63, 3.8) is 0 Å². The predicted octanol–water partition coefficient (Wildman–Crippen LogP) is 3.71. The number of carbonyl (C=O) groups excluding carboxylic acids is 1. The third kappa shape index (κ3) is 6.05. The molecule has 1 saturated carbocycles. The van der Waals surface area contributed by atoms with E-state index in [0.717, 1.165) is 27.1 Å². The lowest BCUT2D eigenvalue weighted by molar-refractivity contribution is -0.119. The second-order valence-corrected chi connectivity index (χ2v) is 7.70. The maximum atomic E-state index is 11.5. The number of likely N-dealkylation sites (N-methyl/N-ethyl adjacent to an activating group) is 1. The quantitative estimate of drug-likeness (QED) is 0.430. The lowest BCUT2D eigenvalue weighted by atomic mass is 10.1. The van der Waals surface area contributed by atoms with Crippen LogP contribution in [0.25, 0.3) is 0 Å². The van der Waals surface area contributed by atoms with Gasteiger partial charge in [-0.15, -0.1) is 0 Å². The Balaban J connectivity index is 1.69. The number of carbonyl (C=O) groups is 1. The Bertz CT molecular complexity index is 921. The third-order valence-electron chi connectivity index (χ3n) is 4.55. The predicted molar refractivity (Wildman–Crippen MR) is 120 cm³/mol. The van der Waals surface area contributed by atoms with Crippen molar-refractivity contribution in [3.8, 4) is 0 Å². The summed E-state index contributed by atoms with van der Waals surface area (Å²) in [6, 6.07) is 7.60. The third-order valence-corrected chi connectivity index (χ3v) is 5.13. The van der Waals surface area contributed by atoms with Crippen LogP contribution in [0.5, 0.6) is 0 Å². The first kappa shape index (κ1) is 20.9. The van der Waals surface area contributed by atoms with Crippen LogP contribution in [-0.4, -0.2) is 30.0 Å². The molecule has 1 heterocycles. The first-order chi connectivity index (χ1) is 14.0. The maximum Gasteiger partial charge on any atom is 0.229 e. The van der Waals surface area contributed by atoms with Gasteiger partial charge in [0, 0.05) is 26.0 Å². The maximum absolute atomic E-state index is 11.5. The van der Waals surface area contributed by atoms with Crippen molar-refractivity contribution < 1.29 is 4.79 Å². The lowest BCUT2D eigenvalue weighted by Gasteiger charge is -2.13. The number of aromatic nitrogens is 2. The van der Waals surface area contributed by atoms with Gasteiger partial charge in [0.1, 0.15) is 5.82 Å². The van der Waals surface area contributed by atoms with E-state index < -0.39 is 0 Å². The average Bonchev–Trinajstić information content (AvgIpc) is 3.56. The van der Waals surface area contributed by atoms with Crippen LogP contribution < -0.4 is 21.3 Å². The van der Waals surface area contributed by atoms with Crippen LogP contribution in [0.3, 0.4) is 0 Å². The van der Waals surface area contributed by atoms with Gasteiger partial charge in [0.15, 0.2) is 5.82 Å². The van der Waals surface area contributed by atoms with Gasteiger partial charge >= 0.3 is 0 Å². The number of nitrogens with zero attached hydrogens (tertiary/aromatic N) is 2. The standard InChI is InChI=1S/C21H25BrN6O/c1-13(15-6-7-15)10-18(23-2)27-20-17(22)12-25-21(28-20)26-16-8-4-14(5-9-16)11-19(29)24-3/h4-5,8-10,12,15,23H,1,6-7,11H2,2-3H3,(H,24,29)(H2,25,26,27,28)/b18-10+. The number of halogens is 1. The summed E-state index contributed by atoms with van der Waals surface area (Å²) in [6.45, 7) is 4.13. The second kappa shape index (κ2) is 9.56.